The van der Waals surface area contributed by atoms with E-state index in [9.17, 15) is 9.59 Å². The van der Waals surface area contributed by atoms with Gasteiger partial charge in [0, 0.05) is 57.4 Å². The third-order valence-electron chi connectivity index (χ3n) is 6.58. The van der Waals surface area contributed by atoms with E-state index in [1.807, 2.05) is 28.6 Å². The summed E-state index contributed by atoms with van der Waals surface area (Å²) in [6, 6.07) is 9.31. The van der Waals surface area contributed by atoms with Crippen molar-refractivity contribution in [1.29, 1.82) is 0 Å². The van der Waals surface area contributed by atoms with E-state index in [0.717, 1.165) is 64.5 Å². The number of aromatic nitrogens is 2. The lowest BCUT2D eigenvalue weighted by atomic mass is 9.96. The number of furan rings is 1. The Balaban J connectivity index is 1.08. The summed E-state index contributed by atoms with van der Waals surface area (Å²) in [4.78, 5) is 40.8. The summed E-state index contributed by atoms with van der Waals surface area (Å²) in [5.41, 5.74) is 0.683. The molecular weight excluding hydrogens is 464 g/mol. The average molecular weight is 495 g/mol. The maximum absolute atomic E-state index is 13.0. The molecule has 2 amide bonds. The molecule has 2 aliphatic heterocycles. The summed E-state index contributed by atoms with van der Waals surface area (Å²) in [5.74, 6) is 1.53. The van der Waals surface area contributed by atoms with Crippen molar-refractivity contribution in [2.45, 2.75) is 19.3 Å². The molecule has 9 nitrogen and oxygen atoms in total. The van der Waals surface area contributed by atoms with Gasteiger partial charge in [-0.15, -0.1) is 11.3 Å². The smallest absolute Gasteiger partial charge is 0.293 e. The zero-order chi connectivity index (χ0) is 24.0. The number of hydrogen-bond donors (Lipinski definition) is 1. The summed E-state index contributed by atoms with van der Waals surface area (Å²) in [6.07, 6.45) is 5.74. The average Bonchev–Trinajstić information content (AvgIpc) is 3.58. The first kappa shape index (κ1) is 23.5. The largest absolute Gasteiger partial charge is 0.459 e. The predicted molar refractivity (Wildman–Crippen MR) is 135 cm³/mol. The second-order valence-electron chi connectivity index (χ2n) is 9.08. The van der Waals surface area contributed by atoms with E-state index in [2.05, 4.69) is 31.2 Å². The lowest BCUT2D eigenvalue weighted by Gasteiger charge is -2.39. The molecule has 10 heteroatoms. The Kier molecular flexibility index (Phi) is 7.39. The maximum Gasteiger partial charge on any atom is 0.293 e. The van der Waals surface area contributed by atoms with Crippen LogP contribution >= 0.6 is 11.3 Å². The molecule has 1 atom stereocenters. The number of piperazine rings is 1. The van der Waals surface area contributed by atoms with Crippen molar-refractivity contribution in [2.24, 2.45) is 5.92 Å². The van der Waals surface area contributed by atoms with Crippen LogP contribution in [0.4, 0.5) is 10.9 Å². The van der Waals surface area contributed by atoms with Gasteiger partial charge in [-0.05, 0) is 43.0 Å². The van der Waals surface area contributed by atoms with Crippen LogP contribution in [0.5, 0.6) is 0 Å². The number of pyridine rings is 1. The second kappa shape index (κ2) is 11.0. The van der Waals surface area contributed by atoms with Gasteiger partial charge in [-0.1, -0.05) is 6.07 Å². The van der Waals surface area contributed by atoms with Gasteiger partial charge in [-0.3, -0.25) is 19.8 Å². The Hall–Kier alpha value is -3.24. The number of rotatable bonds is 7. The first-order chi connectivity index (χ1) is 17.1. The molecule has 0 radical (unpaired) electrons. The van der Waals surface area contributed by atoms with Gasteiger partial charge in [0.25, 0.3) is 5.91 Å². The number of amides is 2. The zero-order valence-electron chi connectivity index (χ0n) is 19.6. The van der Waals surface area contributed by atoms with Crippen LogP contribution in [0.2, 0.25) is 0 Å². The minimum Gasteiger partial charge on any atom is -0.459 e. The molecule has 35 heavy (non-hydrogen) atoms. The van der Waals surface area contributed by atoms with Crippen molar-refractivity contribution in [3.05, 3.63) is 59.6 Å². The lowest BCUT2D eigenvalue weighted by Crippen LogP contribution is -2.50. The summed E-state index contributed by atoms with van der Waals surface area (Å²) >= 11 is 1.32. The van der Waals surface area contributed by atoms with Crippen LogP contribution in [0, 0.1) is 5.92 Å². The van der Waals surface area contributed by atoms with Gasteiger partial charge >= 0.3 is 0 Å². The molecule has 0 bridgehead atoms. The van der Waals surface area contributed by atoms with Crippen LogP contribution in [0.15, 0.2) is 52.6 Å². The van der Waals surface area contributed by atoms with Gasteiger partial charge in [0.15, 0.2) is 10.9 Å². The summed E-state index contributed by atoms with van der Waals surface area (Å²) in [6.45, 7) is 6.63. The quantitative estimate of drug-likeness (QED) is 0.540. The molecule has 5 rings (SSSR count). The third-order valence-corrected chi connectivity index (χ3v) is 7.39. The van der Waals surface area contributed by atoms with Crippen molar-refractivity contribution >= 4 is 34.1 Å². The highest BCUT2D eigenvalue weighted by Gasteiger charge is 2.27. The highest BCUT2D eigenvalue weighted by Crippen LogP contribution is 2.22. The van der Waals surface area contributed by atoms with E-state index >= 15 is 0 Å². The predicted octanol–water partition coefficient (Wildman–Crippen LogP) is 2.99. The summed E-state index contributed by atoms with van der Waals surface area (Å²) in [5, 5.41) is 5.02. The molecular formula is C25H30N6O3S. The number of carbonyl (C=O) groups excluding carboxylic acids is 2. The van der Waals surface area contributed by atoms with Gasteiger partial charge in [0.1, 0.15) is 5.82 Å². The maximum atomic E-state index is 13.0. The minimum absolute atomic E-state index is 0.101. The van der Waals surface area contributed by atoms with E-state index in [4.69, 9.17) is 4.42 Å². The number of nitrogens with one attached hydrogen (secondary N) is 1. The molecule has 3 aromatic rings. The van der Waals surface area contributed by atoms with E-state index in [-0.39, 0.29) is 24.0 Å². The van der Waals surface area contributed by atoms with E-state index < -0.39 is 0 Å². The highest BCUT2D eigenvalue weighted by atomic mass is 32.1. The summed E-state index contributed by atoms with van der Waals surface area (Å²) in [7, 11) is 0. The number of anilines is 2. The molecule has 5 heterocycles. The number of piperidine rings is 1. The Labute approximate surface area is 208 Å². The molecule has 1 N–H and O–H groups in total. The third kappa shape index (κ3) is 6.07. The first-order valence-electron chi connectivity index (χ1n) is 12.1. The molecule has 2 fully saturated rings. The van der Waals surface area contributed by atoms with Gasteiger partial charge < -0.3 is 14.2 Å². The Morgan fingerprint density at radius 2 is 2.00 bits per heavy atom. The monoisotopic (exact) mass is 494 g/mol. The fourth-order valence-corrected chi connectivity index (χ4v) is 5.49. The van der Waals surface area contributed by atoms with E-state index in [0.29, 0.717) is 16.7 Å². The molecule has 1 unspecified atom stereocenters. The molecule has 0 aromatic carbocycles. The van der Waals surface area contributed by atoms with E-state index in [1.54, 1.807) is 12.1 Å². The molecule has 3 aromatic heterocycles. The summed E-state index contributed by atoms with van der Waals surface area (Å²) < 4.78 is 5.10. The number of thiazole rings is 1. The standard InChI is InChI=1S/C25H30N6O3S/c32-23(15-20-18-35-25(27-20)28-24(33)21-6-4-14-34-21)31-9-3-5-19(17-31)16-29-10-12-30(13-11-29)22-7-1-2-8-26-22/h1-2,4,6-8,14,18-19H,3,5,9-13,15-17H2,(H,27,28,33). The number of carbonyl (C=O) groups is 2. The van der Waals surface area contributed by atoms with Gasteiger partial charge in [-0.2, -0.15) is 0 Å². The molecule has 0 spiro atoms. The number of likely N-dealkylation sites (tertiary alicyclic amines) is 1. The zero-order valence-corrected chi connectivity index (χ0v) is 20.5. The van der Waals surface area contributed by atoms with Crippen LogP contribution in [0.25, 0.3) is 0 Å². The fraction of sp³-hybridized carbons (Fsp3) is 0.440. The Morgan fingerprint density at radius 3 is 2.77 bits per heavy atom. The highest BCUT2D eigenvalue weighted by molar-refractivity contribution is 7.14. The SMILES string of the molecule is O=C(Nc1nc(CC(=O)N2CCCC(CN3CCN(c4ccccn4)CC3)C2)cs1)c1ccco1. The number of hydrogen-bond acceptors (Lipinski definition) is 8. The molecule has 2 aliphatic rings. The molecule has 0 aliphatic carbocycles. The van der Waals surface area contributed by atoms with Crippen molar-refractivity contribution in [3.8, 4) is 0 Å². The van der Waals surface area contributed by atoms with Crippen LogP contribution in [0.1, 0.15) is 29.1 Å². The van der Waals surface area contributed by atoms with Gasteiger partial charge in [0.2, 0.25) is 5.91 Å². The van der Waals surface area contributed by atoms with E-state index in [1.165, 1.54) is 17.6 Å². The van der Waals surface area contributed by atoms with Crippen LogP contribution in [-0.2, 0) is 11.2 Å². The van der Waals surface area contributed by atoms with Crippen molar-refractivity contribution in [2.75, 3.05) is 56.0 Å². The van der Waals surface area contributed by atoms with Gasteiger partial charge in [-0.25, -0.2) is 9.97 Å². The lowest BCUT2D eigenvalue weighted by molar-refractivity contribution is -0.132. The topological polar surface area (TPSA) is 94.8 Å². The normalized spacial score (nSPS) is 19.0. The molecule has 2 saturated heterocycles. The van der Waals surface area contributed by atoms with Crippen molar-refractivity contribution in [1.82, 2.24) is 19.8 Å². The fourth-order valence-electron chi connectivity index (χ4n) is 4.78. The van der Waals surface area contributed by atoms with Gasteiger partial charge in [0.05, 0.1) is 18.4 Å². The van der Waals surface area contributed by atoms with Crippen molar-refractivity contribution in [3.63, 3.8) is 0 Å². The van der Waals surface area contributed by atoms with Crippen LogP contribution in [0.3, 0.4) is 0 Å². The minimum atomic E-state index is -0.345. The van der Waals surface area contributed by atoms with Crippen LogP contribution in [-0.4, -0.2) is 77.4 Å². The second-order valence-corrected chi connectivity index (χ2v) is 9.93. The first-order valence-corrected chi connectivity index (χ1v) is 13.0. The Bertz CT molecular complexity index is 1110. The Morgan fingerprint density at radius 1 is 1.11 bits per heavy atom. The number of nitrogens with zero attached hydrogens (tertiary/aromatic N) is 5. The van der Waals surface area contributed by atoms with Crippen molar-refractivity contribution < 1.29 is 14.0 Å². The molecule has 0 saturated carbocycles. The molecule has 184 valence electrons. The van der Waals surface area contributed by atoms with Crippen LogP contribution < -0.4 is 10.2 Å².